The van der Waals surface area contributed by atoms with Crippen molar-refractivity contribution in [1.29, 1.82) is 0 Å². The van der Waals surface area contributed by atoms with Crippen LogP contribution in [0.15, 0.2) is 82.2 Å². The van der Waals surface area contributed by atoms with Crippen LogP contribution in [-0.4, -0.2) is 24.0 Å². The quantitative estimate of drug-likeness (QED) is 0.236. The molecule has 1 heterocycles. The van der Waals surface area contributed by atoms with Crippen molar-refractivity contribution in [2.45, 2.75) is 13.8 Å². The molecule has 1 aliphatic carbocycles. The molecule has 2 N–H and O–H groups in total. The SMILES string of the molecule is CCN(CC)c1ccc2nc3c4ccccc4c(=NC(=O)c4ccc(N)cc4)cc-3oc2c1. The molecule has 1 amide bonds. The maximum Gasteiger partial charge on any atom is 0.277 e. The summed E-state index contributed by atoms with van der Waals surface area (Å²) in [5.74, 6) is 0.249. The zero-order valence-electron chi connectivity index (χ0n) is 18.6. The molecule has 0 fully saturated rings. The third-order valence-corrected chi connectivity index (χ3v) is 5.86. The zero-order chi connectivity index (χ0) is 22.9. The van der Waals surface area contributed by atoms with Gasteiger partial charge in [0, 0.05) is 52.9 Å². The minimum atomic E-state index is -0.336. The molecule has 0 atom stereocenters. The zero-order valence-corrected chi connectivity index (χ0v) is 18.6. The fraction of sp³-hybridized carbons (Fsp3) is 0.148. The van der Waals surface area contributed by atoms with Crippen LogP contribution in [0.25, 0.3) is 33.3 Å². The van der Waals surface area contributed by atoms with E-state index in [1.807, 2.05) is 36.4 Å². The highest BCUT2D eigenvalue weighted by molar-refractivity contribution is 5.99. The van der Waals surface area contributed by atoms with Crippen molar-refractivity contribution in [2.24, 2.45) is 4.99 Å². The van der Waals surface area contributed by atoms with Crippen LogP contribution in [0.2, 0.25) is 0 Å². The van der Waals surface area contributed by atoms with Crippen LogP contribution in [0.3, 0.4) is 0 Å². The second-order valence-corrected chi connectivity index (χ2v) is 7.87. The number of benzene rings is 4. The number of carbonyl (C=O) groups excluding carboxylic acids is 1. The lowest BCUT2D eigenvalue weighted by Gasteiger charge is -2.21. The van der Waals surface area contributed by atoms with Crippen LogP contribution in [-0.2, 0) is 0 Å². The minimum absolute atomic E-state index is 0.336. The monoisotopic (exact) mass is 436 g/mol. The molecule has 6 heteroatoms. The van der Waals surface area contributed by atoms with E-state index in [9.17, 15) is 4.79 Å². The van der Waals surface area contributed by atoms with E-state index in [4.69, 9.17) is 15.1 Å². The molecule has 1 aliphatic heterocycles. The number of hydrogen-bond donors (Lipinski definition) is 1. The van der Waals surface area contributed by atoms with E-state index in [2.05, 4.69) is 29.8 Å². The van der Waals surface area contributed by atoms with E-state index in [0.717, 1.165) is 40.8 Å². The Morgan fingerprint density at radius 1 is 0.970 bits per heavy atom. The molecule has 0 saturated carbocycles. The normalized spacial score (nSPS) is 12.0. The standard InChI is InChI=1S/C27H24N4O2/c1-3-31(4-2)19-13-14-22-24(15-19)33-25-16-23(20-7-5-6-8-21(20)26(25)29-22)30-27(32)17-9-11-18(28)12-10-17/h5-16H,3-4,28H2,1-2H3. The number of hydrogen-bond acceptors (Lipinski definition) is 5. The van der Waals surface area contributed by atoms with E-state index in [0.29, 0.717) is 28.0 Å². The summed E-state index contributed by atoms with van der Waals surface area (Å²) >= 11 is 0. The maximum atomic E-state index is 12.8. The van der Waals surface area contributed by atoms with E-state index in [1.165, 1.54) is 0 Å². The Labute approximate surface area is 191 Å². The second kappa shape index (κ2) is 8.39. The summed E-state index contributed by atoms with van der Waals surface area (Å²) in [6, 6.07) is 22.4. The van der Waals surface area contributed by atoms with Crippen molar-refractivity contribution in [3.05, 3.63) is 83.7 Å². The van der Waals surface area contributed by atoms with Crippen molar-refractivity contribution in [2.75, 3.05) is 23.7 Å². The lowest BCUT2D eigenvalue weighted by atomic mass is 10.0. The first-order valence-corrected chi connectivity index (χ1v) is 11.0. The van der Waals surface area contributed by atoms with Crippen molar-refractivity contribution >= 4 is 39.2 Å². The number of anilines is 2. The molecule has 0 radical (unpaired) electrons. The van der Waals surface area contributed by atoms with Crippen LogP contribution < -0.4 is 16.0 Å². The van der Waals surface area contributed by atoms with Crippen LogP contribution >= 0.6 is 0 Å². The second-order valence-electron chi connectivity index (χ2n) is 7.87. The van der Waals surface area contributed by atoms with E-state index < -0.39 is 0 Å². The number of aromatic nitrogens is 1. The molecule has 2 aliphatic rings. The molecule has 164 valence electrons. The topological polar surface area (TPSA) is 84.7 Å². The lowest BCUT2D eigenvalue weighted by molar-refractivity contribution is 0.0998. The Hall–Kier alpha value is -4.19. The number of fused-ring (bicyclic) bond motifs is 4. The first-order chi connectivity index (χ1) is 16.1. The fourth-order valence-corrected chi connectivity index (χ4v) is 4.10. The molecule has 0 bridgehead atoms. The number of amides is 1. The third kappa shape index (κ3) is 3.80. The van der Waals surface area contributed by atoms with Crippen molar-refractivity contribution in [3.63, 3.8) is 0 Å². The summed E-state index contributed by atoms with van der Waals surface area (Å²) in [5.41, 5.74) is 10.1. The largest absolute Gasteiger partial charge is 0.453 e. The van der Waals surface area contributed by atoms with Gasteiger partial charge in [0.25, 0.3) is 5.91 Å². The van der Waals surface area contributed by atoms with Gasteiger partial charge in [0.05, 0.1) is 5.36 Å². The number of nitrogens with zero attached hydrogens (tertiary/aromatic N) is 3. The van der Waals surface area contributed by atoms with Gasteiger partial charge in [-0.2, -0.15) is 0 Å². The summed E-state index contributed by atoms with van der Waals surface area (Å²) in [7, 11) is 0. The molecule has 5 rings (SSSR count). The molecule has 6 nitrogen and oxygen atoms in total. The molecule has 0 unspecified atom stereocenters. The molecule has 0 spiro atoms. The van der Waals surface area contributed by atoms with Gasteiger partial charge in [-0.1, -0.05) is 24.3 Å². The summed E-state index contributed by atoms with van der Waals surface area (Å²) in [4.78, 5) is 24.4. The van der Waals surface area contributed by atoms with Crippen molar-refractivity contribution < 1.29 is 9.21 Å². The molecule has 3 aromatic carbocycles. The number of carbonyl (C=O) groups is 1. The first-order valence-electron chi connectivity index (χ1n) is 11.0. The van der Waals surface area contributed by atoms with Crippen LogP contribution in [0.5, 0.6) is 0 Å². The average molecular weight is 437 g/mol. The maximum absolute atomic E-state index is 12.8. The number of rotatable bonds is 4. The highest BCUT2D eigenvalue weighted by Gasteiger charge is 2.16. The van der Waals surface area contributed by atoms with Gasteiger partial charge in [0.2, 0.25) is 0 Å². The molecular weight excluding hydrogens is 412 g/mol. The van der Waals surface area contributed by atoms with E-state index in [1.54, 1.807) is 30.3 Å². The summed E-state index contributed by atoms with van der Waals surface area (Å²) < 4.78 is 6.30. The van der Waals surface area contributed by atoms with Crippen LogP contribution in [0, 0.1) is 0 Å². The predicted molar refractivity (Wildman–Crippen MR) is 132 cm³/mol. The predicted octanol–water partition coefficient (Wildman–Crippen LogP) is 5.26. The van der Waals surface area contributed by atoms with Crippen molar-refractivity contribution in [1.82, 2.24) is 4.98 Å². The van der Waals surface area contributed by atoms with Crippen LogP contribution in [0.1, 0.15) is 24.2 Å². The molecular formula is C27H24N4O2. The summed E-state index contributed by atoms with van der Waals surface area (Å²) in [6.45, 7) is 6.07. The van der Waals surface area contributed by atoms with E-state index >= 15 is 0 Å². The Kier molecular flexibility index (Phi) is 5.26. The van der Waals surface area contributed by atoms with Gasteiger partial charge in [-0.3, -0.25) is 4.79 Å². The fourth-order valence-electron chi connectivity index (χ4n) is 4.10. The van der Waals surface area contributed by atoms with E-state index in [-0.39, 0.29) is 5.91 Å². The average Bonchev–Trinajstić information content (AvgIpc) is 2.84. The van der Waals surface area contributed by atoms with Gasteiger partial charge < -0.3 is 15.1 Å². The molecule has 0 saturated heterocycles. The molecule has 0 aromatic heterocycles. The highest BCUT2D eigenvalue weighted by Crippen LogP contribution is 2.31. The Morgan fingerprint density at radius 3 is 2.42 bits per heavy atom. The van der Waals surface area contributed by atoms with Gasteiger partial charge in [-0.05, 0) is 50.2 Å². The molecule has 33 heavy (non-hydrogen) atoms. The first kappa shape index (κ1) is 20.7. The number of nitrogen functional groups attached to an aromatic ring is 1. The van der Waals surface area contributed by atoms with Gasteiger partial charge in [-0.15, -0.1) is 0 Å². The van der Waals surface area contributed by atoms with Gasteiger partial charge in [0.15, 0.2) is 11.3 Å². The summed E-state index contributed by atoms with van der Waals surface area (Å²) in [5, 5.41) is 2.28. The minimum Gasteiger partial charge on any atom is -0.453 e. The Bertz CT molecular complexity index is 1520. The van der Waals surface area contributed by atoms with Crippen molar-refractivity contribution in [3.8, 4) is 11.5 Å². The Balaban J connectivity index is 1.73. The van der Waals surface area contributed by atoms with Crippen LogP contribution in [0.4, 0.5) is 11.4 Å². The summed E-state index contributed by atoms with van der Waals surface area (Å²) in [6.07, 6.45) is 0. The highest BCUT2D eigenvalue weighted by atomic mass is 16.3. The number of nitrogens with two attached hydrogens (primary N) is 1. The van der Waals surface area contributed by atoms with Gasteiger partial charge in [0.1, 0.15) is 11.2 Å². The van der Waals surface area contributed by atoms with Gasteiger partial charge in [-0.25, -0.2) is 9.98 Å². The Morgan fingerprint density at radius 2 is 1.70 bits per heavy atom. The van der Waals surface area contributed by atoms with Gasteiger partial charge >= 0.3 is 0 Å². The smallest absolute Gasteiger partial charge is 0.277 e. The third-order valence-electron chi connectivity index (χ3n) is 5.86. The molecule has 3 aromatic rings. The lowest BCUT2D eigenvalue weighted by Crippen LogP contribution is -2.21.